The van der Waals surface area contributed by atoms with Crippen LogP contribution in [-0.2, 0) is 14.3 Å². The van der Waals surface area contributed by atoms with Crippen molar-refractivity contribution < 1.29 is 33.3 Å². The van der Waals surface area contributed by atoms with Crippen molar-refractivity contribution in [2.45, 2.75) is 13.3 Å². The maximum absolute atomic E-state index is 12.4. The predicted octanol–water partition coefficient (Wildman–Crippen LogP) is 4.30. The van der Waals surface area contributed by atoms with Gasteiger partial charge in [0.2, 0.25) is 0 Å². The summed E-state index contributed by atoms with van der Waals surface area (Å²) < 4.78 is 21.1. The normalized spacial score (nSPS) is 10.2. The van der Waals surface area contributed by atoms with Crippen LogP contribution in [0.5, 0.6) is 17.2 Å². The number of carbonyl (C=O) groups is 3. The molecule has 36 heavy (non-hydrogen) atoms. The Morgan fingerprint density at radius 3 is 2.08 bits per heavy atom. The van der Waals surface area contributed by atoms with E-state index in [1.54, 1.807) is 66.7 Å². The van der Waals surface area contributed by atoms with E-state index in [1.807, 2.05) is 13.0 Å². The summed E-state index contributed by atoms with van der Waals surface area (Å²) >= 11 is 0. The van der Waals surface area contributed by atoms with Gasteiger partial charge in [0.15, 0.2) is 18.1 Å². The summed E-state index contributed by atoms with van der Waals surface area (Å²) in [6.45, 7) is 2.11. The van der Waals surface area contributed by atoms with E-state index in [1.165, 1.54) is 7.11 Å². The maximum Gasteiger partial charge on any atom is 0.309 e. The van der Waals surface area contributed by atoms with E-state index < -0.39 is 18.5 Å². The second kappa shape index (κ2) is 13.4. The smallest absolute Gasteiger partial charge is 0.309 e. The van der Waals surface area contributed by atoms with Gasteiger partial charge >= 0.3 is 5.97 Å². The van der Waals surface area contributed by atoms with Crippen LogP contribution in [0.2, 0.25) is 0 Å². The quantitative estimate of drug-likeness (QED) is 0.363. The molecule has 3 aromatic rings. The van der Waals surface area contributed by atoms with Gasteiger partial charge in [-0.25, -0.2) is 0 Å². The molecular formula is C27H28N2O7. The minimum absolute atomic E-state index is 0.0243. The van der Waals surface area contributed by atoms with E-state index in [0.717, 1.165) is 5.75 Å². The number of methoxy groups -OCH3 is 1. The van der Waals surface area contributed by atoms with Crippen molar-refractivity contribution in [1.82, 2.24) is 0 Å². The van der Waals surface area contributed by atoms with Crippen LogP contribution in [0.15, 0.2) is 72.8 Å². The SMILES string of the molecule is CCOc1ccc(NC(=O)c2ccc(NC(=O)COC(=O)CCOc3ccccc3OC)cc2)cc1. The molecule has 0 bridgehead atoms. The van der Waals surface area contributed by atoms with Gasteiger partial charge in [-0.1, -0.05) is 12.1 Å². The number of benzene rings is 3. The molecule has 0 aliphatic carbocycles. The lowest BCUT2D eigenvalue weighted by molar-refractivity contribution is -0.147. The summed E-state index contributed by atoms with van der Waals surface area (Å²) in [6.07, 6.45) is -0.0243. The van der Waals surface area contributed by atoms with Crippen LogP contribution < -0.4 is 24.8 Å². The van der Waals surface area contributed by atoms with Crippen LogP contribution in [0, 0.1) is 0 Å². The molecule has 0 heterocycles. The van der Waals surface area contributed by atoms with Gasteiger partial charge in [-0.05, 0) is 67.6 Å². The number of ether oxygens (including phenoxy) is 4. The number of anilines is 2. The fourth-order valence-electron chi connectivity index (χ4n) is 3.11. The summed E-state index contributed by atoms with van der Waals surface area (Å²) in [5, 5.41) is 5.42. The molecule has 0 saturated heterocycles. The number of hydrogen-bond donors (Lipinski definition) is 2. The molecular weight excluding hydrogens is 464 g/mol. The topological polar surface area (TPSA) is 112 Å². The number of rotatable bonds is 12. The largest absolute Gasteiger partial charge is 0.494 e. The molecule has 0 aliphatic rings. The molecule has 0 aliphatic heterocycles. The highest BCUT2D eigenvalue weighted by Crippen LogP contribution is 2.25. The lowest BCUT2D eigenvalue weighted by Gasteiger charge is -2.10. The molecule has 9 nitrogen and oxygen atoms in total. The third-order valence-corrected chi connectivity index (χ3v) is 4.85. The Morgan fingerprint density at radius 2 is 1.42 bits per heavy atom. The van der Waals surface area contributed by atoms with E-state index in [2.05, 4.69) is 10.6 Å². The predicted molar refractivity (Wildman–Crippen MR) is 135 cm³/mol. The molecule has 3 aromatic carbocycles. The highest BCUT2D eigenvalue weighted by molar-refractivity contribution is 6.04. The van der Waals surface area contributed by atoms with Crippen molar-refractivity contribution in [1.29, 1.82) is 0 Å². The van der Waals surface area contributed by atoms with Gasteiger partial charge in [-0.2, -0.15) is 0 Å². The molecule has 0 unspecified atom stereocenters. The van der Waals surface area contributed by atoms with Crippen molar-refractivity contribution in [3.05, 3.63) is 78.4 Å². The Kier molecular flexibility index (Phi) is 9.69. The van der Waals surface area contributed by atoms with Crippen LogP contribution in [0.25, 0.3) is 0 Å². The van der Waals surface area contributed by atoms with Crippen molar-refractivity contribution in [3.63, 3.8) is 0 Å². The molecule has 0 atom stereocenters. The number of para-hydroxylation sites is 2. The Hall–Kier alpha value is -4.53. The summed E-state index contributed by atoms with van der Waals surface area (Å²) in [4.78, 5) is 36.4. The summed E-state index contributed by atoms with van der Waals surface area (Å²) in [5.74, 6) is 0.442. The molecule has 3 rings (SSSR count). The van der Waals surface area contributed by atoms with E-state index in [0.29, 0.717) is 35.0 Å². The number of esters is 1. The van der Waals surface area contributed by atoms with Gasteiger partial charge in [0, 0.05) is 16.9 Å². The van der Waals surface area contributed by atoms with Crippen LogP contribution in [0.4, 0.5) is 11.4 Å². The summed E-state index contributed by atoms with van der Waals surface area (Å²) in [5.41, 5.74) is 1.52. The summed E-state index contributed by atoms with van der Waals surface area (Å²) in [7, 11) is 1.53. The summed E-state index contributed by atoms with van der Waals surface area (Å²) in [6, 6.07) is 20.5. The van der Waals surface area contributed by atoms with Crippen molar-refractivity contribution in [3.8, 4) is 17.2 Å². The van der Waals surface area contributed by atoms with E-state index in [9.17, 15) is 14.4 Å². The van der Waals surface area contributed by atoms with Gasteiger partial charge < -0.3 is 29.6 Å². The van der Waals surface area contributed by atoms with Gasteiger partial charge in [0.1, 0.15) is 5.75 Å². The first kappa shape index (κ1) is 26.1. The first-order valence-electron chi connectivity index (χ1n) is 11.3. The van der Waals surface area contributed by atoms with Crippen molar-refractivity contribution in [2.75, 3.05) is 37.6 Å². The van der Waals surface area contributed by atoms with Crippen LogP contribution in [-0.4, -0.2) is 44.7 Å². The molecule has 0 radical (unpaired) electrons. The highest BCUT2D eigenvalue weighted by atomic mass is 16.5. The first-order chi connectivity index (χ1) is 17.5. The van der Waals surface area contributed by atoms with Crippen LogP contribution in [0.3, 0.4) is 0 Å². The van der Waals surface area contributed by atoms with Crippen molar-refractivity contribution in [2.24, 2.45) is 0 Å². The molecule has 2 amide bonds. The average molecular weight is 493 g/mol. The lowest BCUT2D eigenvalue weighted by atomic mass is 10.2. The van der Waals surface area contributed by atoms with Crippen LogP contribution >= 0.6 is 0 Å². The van der Waals surface area contributed by atoms with Gasteiger partial charge in [-0.15, -0.1) is 0 Å². The fourth-order valence-corrected chi connectivity index (χ4v) is 3.11. The van der Waals surface area contributed by atoms with E-state index >= 15 is 0 Å². The number of carbonyl (C=O) groups excluding carboxylic acids is 3. The zero-order valence-electron chi connectivity index (χ0n) is 20.1. The Bertz CT molecular complexity index is 1160. The molecule has 188 valence electrons. The Labute approximate surface area is 209 Å². The zero-order chi connectivity index (χ0) is 25.8. The number of hydrogen-bond acceptors (Lipinski definition) is 7. The zero-order valence-corrected chi connectivity index (χ0v) is 20.1. The average Bonchev–Trinajstić information content (AvgIpc) is 2.89. The molecule has 9 heteroatoms. The molecule has 0 fully saturated rings. The lowest BCUT2D eigenvalue weighted by Crippen LogP contribution is -2.21. The second-order valence-electron chi connectivity index (χ2n) is 7.45. The molecule has 0 spiro atoms. The Balaban J connectivity index is 1.39. The fraction of sp³-hybridized carbons (Fsp3) is 0.222. The third kappa shape index (κ3) is 8.05. The second-order valence-corrected chi connectivity index (χ2v) is 7.45. The Morgan fingerprint density at radius 1 is 0.778 bits per heavy atom. The monoisotopic (exact) mass is 492 g/mol. The number of nitrogens with one attached hydrogen (secondary N) is 2. The van der Waals surface area contributed by atoms with E-state index in [4.69, 9.17) is 18.9 Å². The van der Waals surface area contributed by atoms with Gasteiger partial charge in [0.05, 0.1) is 26.7 Å². The van der Waals surface area contributed by atoms with Gasteiger partial charge in [0.25, 0.3) is 11.8 Å². The maximum atomic E-state index is 12.4. The number of amides is 2. The first-order valence-corrected chi connectivity index (χ1v) is 11.3. The van der Waals surface area contributed by atoms with Crippen LogP contribution in [0.1, 0.15) is 23.7 Å². The standard InChI is InChI=1S/C27H28N2O7/c1-3-34-22-14-12-21(13-15-22)29-27(32)19-8-10-20(11-9-19)28-25(30)18-36-26(31)16-17-35-24-7-5-4-6-23(24)33-2/h4-15H,3,16-18H2,1-2H3,(H,28,30)(H,29,32). The van der Waals surface area contributed by atoms with Crippen molar-refractivity contribution >= 4 is 29.2 Å². The molecule has 0 saturated carbocycles. The van der Waals surface area contributed by atoms with E-state index in [-0.39, 0.29) is 18.9 Å². The van der Waals surface area contributed by atoms with Gasteiger partial charge in [-0.3, -0.25) is 14.4 Å². The molecule has 0 aromatic heterocycles. The minimum atomic E-state index is -0.568. The minimum Gasteiger partial charge on any atom is -0.494 e. The molecule has 2 N–H and O–H groups in total. The highest BCUT2D eigenvalue weighted by Gasteiger charge is 2.11. The third-order valence-electron chi connectivity index (χ3n) is 4.85.